The normalized spacial score (nSPS) is 20.3. The summed E-state index contributed by atoms with van der Waals surface area (Å²) in [5, 5.41) is 0. The summed E-state index contributed by atoms with van der Waals surface area (Å²) in [6.45, 7) is 3.02. The Morgan fingerprint density at radius 1 is 1.20 bits per heavy atom. The average molecular weight is 344 g/mol. The summed E-state index contributed by atoms with van der Waals surface area (Å²) < 4.78 is 14.0. The van der Waals surface area contributed by atoms with E-state index in [2.05, 4.69) is 0 Å². The molecule has 0 unspecified atom stereocenters. The Bertz CT molecular complexity index is 841. The predicted molar refractivity (Wildman–Crippen MR) is 93.8 cm³/mol. The lowest BCUT2D eigenvalue weighted by molar-refractivity contribution is 0.0601. The molecular weight excluding hydrogens is 320 g/mol. The minimum absolute atomic E-state index is 0.0304. The Morgan fingerprint density at radius 2 is 2.04 bits per heavy atom. The van der Waals surface area contributed by atoms with Gasteiger partial charge in [0.2, 0.25) is 0 Å². The van der Waals surface area contributed by atoms with Crippen LogP contribution in [0.2, 0.25) is 0 Å². The second-order valence-electron chi connectivity index (χ2n) is 7.20. The number of imidazole rings is 1. The van der Waals surface area contributed by atoms with E-state index in [0.29, 0.717) is 23.9 Å². The lowest BCUT2D eigenvalue weighted by Gasteiger charge is -2.08. The molecule has 0 N–H and O–H groups in total. The van der Waals surface area contributed by atoms with Crippen LogP contribution in [0.15, 0.2) is 23.0 Å². The number of benzene rings is 1. The van der Waals surface area contributed by atoms with Gasteiger partial charge < -0.3 is 9.47 Å². The van der Waals surface area contributed by atoms with Gasteiger partial charge in [-0.1, -0.05) is 0 Å². The molecule has 6 nitrogen and oxygen atoms in total. The van der Waals surface area contributed by atoms with Gasteiger partial charge in [-0.25, -0.2) is 9.59 Å². The quantitative estimate of drug-likeness (QED) is 0.755. The number of aromatic nitrogens is 2. The molecule has 0 amide bonds. The lowest BCUT2D eigenvalue weighted by Crippen LogP contribution is -2.25. The minimum atomic E-state index is -0.375. The van der Waals surface area contributed by atoms with Crippen molar-refractivity contribution in [3.8, 4) is 0 Å². The molecule has 134 valence electrons. The van der Waals surface area contributed by atoms with Crippen molar-refractivity contribution in [2.45, 2.75) is 38.8 Å². The Hall–Kier alpha value is -2.08. The largest absolute Gasteiger partial charge is 0.465 e. The molecule has 0 bridgehead atoms. The number of fused-ring (bicyclic) bond motifs is 1. The molecule has 1 aliphatic carbocycles. The van der Waals surface area contributed by atoms with E-state index in [1.54, 1.807) is 12.1 Å². The fourth-order valence-electron chi connectivity index (χ4n) is 3.64. The molecule has 1 aromatic heterocycles. The molecule has 4 rings (SSSR count). The molecule has 2 heterocycles. The number of ether oxygens (including phenoxy) is 2. The van der Waals surface area contributed by atoms with Crippen molar-refractivity contribution in [1.29, 1.82) is 0 Å². The third kappa shape index (κ3) is 3.23. The number of nitrogens with zero attached hydrogens (tertiary/aromatic N) is 2. The van der Waals surface area contributed by atoms with Gasteiger partial charge in [0.1, 0.15) is 0 Å². The Kier molecular flexibility index (Phi) is 4.37. The van der Waals surface area contributed by atoms with Crippen LogP contribution in [0.3, 0.4) is 0 Å². The molecule has 2 fully saturated rings. The third-order valence-corrected chi connectivity index (χ3v) is 5.36. The Balaban J connectivity index is 1.72. The van der Waals surface area contributed by atoms with Crippen molar-refractivity contribution in [2.24, 2.45) is 11.8 Å². The highest BCUT2D eigenvalue weighted by Gasteiger charge is 2.25. The van der Waals surface area contributed by atoms with E-state index >= 15 is 0 Å². The molecule has 1 saturated heterocycles. The van der Waals surface area contributed by atoms with Crippen molar-refractivity contribution in [1.82, 2.24) is 9.13 Å². The summed E-state index contributed by atoms with van der Waals surface area (Å²) in [4.78, 5) is 24.9. The van der Waals surface area contributed by atoms with E-state index in [-0.39, 0.29) is 11.7 Å². The summed E-state index contributed by atoms with van der Waals surface area (Å²) in [5.74, 6) is 0.748. The molecule has 6 heteroatoms. The van der Waals surface area contributed by atoms with Crippen molar-refractivity contribution in [3.63, 3.8) is 0 Å². The molecule has 0 radical (unpaired) electrons. The highest BCUT2D eigenvalue weighted by molar-refractivity contribution is 5.93. The standard InChI is InChI=1S/C19H24N2O4/c1-24-18(22)15-4-5-16-17(10-15)20(8-6-14-7-9-25-12-14)19(23)21(16)11-13-2-3-13/h4-5,10,13-14H,2-3,6-9,11-12H2,1H3/t14-/m1/s1. The highest BCUT2D eigenvalue weighted by Crippen LogP contribution is 2.31. The van der Waals surface area contributed by atoms with Crippen LogP contribution in [-0.4, -0.2) is 35.4 Å². The zero-order valence-electron chi connectivity index (χ0n) is 14.6. The van der Waals surface area contributed by atoms with E-state index < -0.39 is 0 Å². The maximum absolute atomic E-state index is 13.0. The van der Waals surface area contributed by atoms with Gasteiger partial charge in [0.15, 0.2) is 0 Å². The molecule has 0 spiro atoms. The van der Waals surface area contributed by atoms with Gasteiger partial charge in [0, 0.05) is 26.3 Å². The third-order valence-electron chi connectivity index (χ3n) is 5.36. The monoisotopic (exact) mass is 344 g/mol. The van der Waals surface area contributed by atoms with E-state index in [1.807, 2.05) is 15.2 Å². The van der Waals surface area contributed by atoms with Gasteiger partial charge in [0.05, 0.1) is 23.7 Å². The number of carbonyl (C=O) groups is 1. The average Bonchev–Trinajstić information content (AvgIpc) is 3.23. The zero-order valence-corrected chi connectivity index (χ0v) is 14.6. The number of rotatable bonds is 6. The Morgan fingerprint density at radius 3 is 2.72 bits per heavy atom. The summed E-state index contributed by atoms with van der Waals surface area (Å²) in [7, 11) is 1.37. The first-order valence-corrected chi connectivity index (χ1v) is 9.06. The van der Waals surface area contributed by atoms with Gasteiger partial charge in [-0.3, -0.25) is 9.13 Å². The van der Waals surface area contributed by atoms with Crippen LogP contribution in [0.5, 0.6) is 0 Å². The second-order valence-corrected chi connectivity index (χ2v) is 7.20. The lowest BCUT2D eigenvalue weighted by atomic mass is 10.1. The first-order chi connectivity index (χ1) is 12.2. The molecule has 1 saturated carbocycles. The number of methoxy groups -OCH3 is 1. The van der Waals surface area contributed by atoms with E-state index in [4.69, 9.17) is 9.47 Å². The van der Waals surface area contributed by atoms with Crippen LogP contribution < -0.4 is 5.69 Å². The number of hydrogen-bond acceptors (Lipinski definition) is 4. The second kappa shape index (κ2) is 6.67. The van der Waals surface area contributed by atoms with Gasteiger partial charge in [-0.15, -0.1) is 0 Å². The molecule has 1 atom stereocenters. The molecule has 2 aliphatic rings. The molecule has 1 aliphatic heterocycles. The molecule has 25 heavy (non-hydrogen) atoms. The van der Waals surface area contributed by atoms with Crippen molar-refractivity contribution >= 4 is 17.0 Å². The van der Waals surface area contributed by atoms with Crippen LogP contribution in [0, 0.1) is 11.8 Å². The maximum Gasteiger partial charge on any atom is 0.337 e. The van der Waals surface area contributed by atoms with Crippen molar-refractivity contribution in [2.75, 3.05) is 20.3 Å². The van der Waals surface area contributed by atoms with Crippen LogP contribution >= 0.6 is 0 Å². The van der Waals surface area contributed by atoms with Gasteiger partial charge >= 0.3 is 11.7 Å². The molecule has 1 aromatic carbocycles. The maximum atomic E-state index is 13.0. The topological polar surface area (TPSA) is 62.5 Å². The zero-order chi connectivity index (χ0) is 17.4. The van der Waals surface area contributed by atoms with Gasteiger partial charge in [0.25, 0.3) is 0 Å². The summed E-state index contributed by atoms with van der Waals surface area (Å²) in [6.07, 6.45) is 4.37. The fourth-order valence-corrected chi connectivity index (χ4v) is 3.64. The van der Waals surface area contributed by atoms with Crippen LogP contribution in [0.25, 0.3) is 11.0 Å². The molecule has 2 aromatic rings. The SMILES string of the molecule is COC(=O)c1ccc2c(c1)n(CC[C@@H]1CCOC1)c(=O)n2CC1CC1. The first kappa shape index (κ1) is 16.4. The number of hydrogen-bond donors (Lipinski definition) is 0. The van der Waals surface area contributed by atoms with Gasteiger partial charge in [-0.2, -0.15) is 0 Å². The van der Waals surface area contributed by atoms with Crippen LogP contribution in [-0.2, 0) is 22.6 Å². The van der Waals surface area contributed by atoms with E-state index in [9.17, 15) is 9.59 Å². The van der Waals surface area contributed by atoms with Gasteiger partial charge in [-0.05, 0) is 55.7 Å². The number of carbonyl (C=O) groups excluding carboxylic acids is 1. The predicted octanol–water partition coefficient (Wildman–Crippen LogP) is 2.43. The Labute approximate surface area is 146 Å². The van der Waals surface area contributed by atoms with Crippen molar-refractivity contribution < 1.29 is 14.3 Å². The van der Waals surface area contributed by atoms with E-state index in [1.165, 1.54) is 20.0 Å². The first-order valence-electron chi connectivity index (χ1n) is 9.06. The van der Waals surface area contributed by atoms with E-state index in [0.717, 1.165) is 43.6 Å². The highest BCUT2D eigenvalue weighted by atomic mass is 16.5. The van der Waals surface area contributed by atoms with Crippen LogP contribution in [0.4, 0.5) is 0 Å². The number of aryl methyl sites for hydroxylation is 1. The summed E-state index contributed by atoms with van der Waals surface area (Å²) in [5.41, 5.74) is 2.25. The summed E-state index contributed by atoms with van der Waals surface area (Å²) in [6, 6.07) is 5.41. The smallest absolute Gasteiger partial charge is 0.337 e. The van der Waals surface area contributed by atoms with Crippen LogP contribution in [0.1, 0.15) is 36.0 Å². The number of esters is 1. The molecular formula is C19H24N2O4. The van der Waals surface area contributed by atoms with Crippen molar-refractivity contribution in [3.05, 3.63) is 34.2 Å². The fraction of sp³-hybridized carbons (Fsp3) is 0.579. The summed E-state index contributed by atoms with van der Waals surface area (Å²) >= 11 is 0. The minimum Gasteiger partial charge on any atom is -0.465 e.